The summed E-state index contributed by atoms with van der Waals surface area (Å²) in [5.74, 6) is -0.280. The van der Waals surface area contributed by atoms with Gasteiger partial charge in [0.15, 0.2) is 0 Å². The third kappa shape index (κ3) is 10.8. The number of rotatable bonds is 13. The molecule has 3 saturated heterocycles. The second-order valence-electron chi connectivity index (χ2n) is 19.8. The molecular formula is C52H68N8O7. The number of ether oxygens (including phenoxy) is 2. The van der Waals surface area contributed by atoms with Crippen molar-refractivity contribution in [3.05, 3.63) is 102 Å². The van der Waals surface area contributed by atoms with Gasteiger partial charge in [0.2, 0.25) is 17.7 Å². The van der Waals surface area contributed by atoms with Gasteiger partial charge in [-0.3, -0.25) is 14.4 Å². The summed E-state index contributed by atoms with van der Waals surface area (Å²) in [5.41, 5.74) is 7.12. The number of anilines is 2. The number of carbonyl (C=O) groups excluding carboxylic acids is 5. The van der Waals surface area contributed by atoms with Gasteiger partial charge in [-0.15, -0.1) is 0 Å². The van der Waals surface area contributed by atoms with Crippen LogP contribution in [-0.4, -0.2) is 95.1 Å². The van der Waals surface area contributed by atoms with E-state index in [9.17, 15) is 24.0 Å². The standard InChI is InChI=1S/C52H68N8O7/c1-31(2)44(56-50(64)66-8)48(62)58-28-10-12-42(58)46-53-30-39(55-46)33-14-16-34(17-15-33)40-26-27-41(60(40)38-24-20-36(21-25-38)52(5,6)7)35-18-22-37(23-19-35)54-47(61)43-13-11-29-59(43)49(63)45(32(3)4)57-51(65)67-9/h14-25,30-32,40-45H,10-13,26-29H2,1-9H3,(H,53,55)(H,54,61)(H,56,64)(H,57,65)/t40?,41-,42+,43+,44+,45+/m1/s1. The molecule has 15 heteroatoms. The molecule has 7 rings (SSSR count). The van der Waals surface area contributed by atoms with Crippen molar-refractivity contribution >= 4 is 41.3 Å². The van der Waals surface area contributed by atoms with E-state index in [1.807, 2.05) is 50.9 Å². The maximum Gasteiger partial charge on any atom is 0.407 e. The van der Waals surface area contributed by atoms with Crippen molar-refractivity contribution in [2.75, 3.05) is 37.5 Å². The zero-order chi connectivity index (χ0) is 48.2. The Hall–Kier alpha value is -6.38. The van der Waals surface area contributed by atoms with Crippen molar-refractivity contribution in [1.82, 2.24) is 30.4 Å². The van der Waals surface area contributed by atoms with E-state index in [-0.39, 0.29) is 53.1 Å². The van der Waals surface area contributed by atoms with Crippen LogP contribution in [0.25, 0.3) is 11.3 Å². The predicted octanol–water partition coefficient (Wildman–Crippen LogP) is 8.81. The molecule has 358 valence electrons. The van der Waals surface area contributed by atoms with Gasteiger partial charge in [-0.2, -0.15) is 0 Å². The molecule has 6 atom stereocenters. The summed E-state index contributed by atoms with van der Waals surface area (Å²) in [7, 11) is 2.55. The molecule has 0 bridgehead atoms. The summed E-state index contributed by atoms with van der Waals surface area (Å²) in [6.07, 6.45) is 5.27. The Morgan fingerprint density at radius 3 is 1.73 bits per heavy atom. The van der Waals surface area contributed by atoms with Gasteiger partial charge in [0.25, 0.3) is 0 Å². The lowest BCUT2D eigenvalue weighted by atomic mass is 9.87. The first-order valence-corrected chi connectivity index (χ1v) is 23.7. The van der Waals surface area contributed by atoms with Gasteiger partial charge in [-0.25, -0.2) is 14.6 Å². The van der Waals surface area contributed by atoms with Crippen LogP contribution >= 0.6 is 0 Å². The summed E-state index contributed by atoms with van der Waals surface area (Å²) in [6, 6.07) is 23.3. The fraction of sp³-hybridized carbons (Fsp3) is 0.500. The maximum atomic E-state index is 13.7. The van der Waals surface area contributed by atoms with E-state index in [0.717, 1.165) is 54.0 Å². The van der Waals surface area contributed by atoms with Gasteiger partial charge >= 0.3 is 12.2 Å². The molecular weight excluding hydrogens is 849 g/mol. The summed E-state index contributed by atoms with van der Waals surface area (Å²) < 4.78 is 9.55. The molecule has 15 nitrogen and oxygen atoms in total. The number of methoxy groups -OCH3 is 2. The number of hydrogen-bond acceptors (Lipinski definition) is 9. The molecule has 1 aromatic heterocycles. The summed E-state index contributed by atoms with van der Waals surface area (Å²) >= 11 is 0. The summed E-state index contributed by atoms with van der Waals surface area (Å²) in [5, 5.41) is 8.42. The molecule has 1 unspecified atom stereocenters. The number of aromatic amines is 1. The quantitative estimate of drug-likeness (QED) is 0.102. The summed E-state index contributed by atoms with van der Waals surface area (Å²) in [4.78, 5) is 79.4. The molecule has 3 aliphatic rings. The average Bonchev–Trinajstić information content (AvgIpc) is 4.16. The van der Waals surface area contributed by atoms with Crippen LogP contribution in [0.1, 0.15) is 128 Å². The molecule has 4 N–H and O–H groups in total. The second kappa shape index (κ2) is 20.6. The van der Waals surface area contributed by atoms with Crippen LogP contribution < -0.4 is 20.9 Å². The molecule has 5 amide bonds. The van der Waals surface area contributed by atoms with Crippen molar-refractivity contribution in [3.8, 4) is 11.3 Å². The van der Waals surface area contributed by atoms with Crippen molar-refractivity contribution < 1.29 is 33.4 Å². The van der Waals surface area contributed by atoms with E-state index in [4.69, 9.17) is 14.5 Å². The Kier molecular flexibility index (Phi) is 15.0. The van der Waals surface area contributed by atoms with E-state index in [1.165, 1.54) is 25.3 Å². The van der Waals surface area contributed by atoms with E-state index >= 15 is 0 Å². The topological polar surface area (TPSA) is 178 Å². The number of aromatic nitrogens is 2. The minimum Gasteiger partial charge on any atom is -0.453 e. The van der Waals surface area contributed by atoms with Crippen LogP contribution in [0.5, 0.6) is 0 Å². The number of benzene rings is 3. The van der Waals surface area contributed by atoms with Crippen LogP contribution in [0.3, 0.4) is 0 Å². The molecule has 4 heterocycles. The molecule has 3 aliphatic heterocycles. The number of imidazole rings is 1. The first-order chi connectivity index (χ1) is 32.0. The van der Waals surface area contributed by atoms with E-state index in [1.54, 1.807) is 4.90 Å². The highest BCUT2D eigenvalue weighted by Gasteiger charge is 2.41. The minimum absolute atomic E-state index is 0.00720. The Bertz CT molecular complexity index is 2370. The van der Waals surface area contributed by atoms with Gasteiger partial charge < -0.3 is 45.1 Å². The third-order valence-corrected chi connectivity index (χ3v) is 13.6. The van der Waals surface area contributed by atoms with Crippen LogP contribution in [-0.2, 0) is 29.3 Å². The van der Waals surface area contributed by atoms with Crippen molar-refractivity contribution in [2.45, 2.75) is 129 Å². The molecule has 67 heavy (non-hydrogen) atoms. The molecule has 0 aliphatic carbocycles. The van der Waals surface area contributed by atoms with Crippen LogP contribution in [0.4, 0.5) is 21.0 Å². The first-order valence-electron chi connectivity index (χ1n) is 23.7. The Labute approximate surface area is 394 Å². The number of amides is 5. The fourth-order valence-electron chi connectivity index (χ4n) is 9.88. The lowest BCUT2D eigenvalue weighted by Crippen LogP contribution is -2.54. The highest BCUT2D eigenvalue weighted by atomic mass is 16.5. The van der Waals surface area contributed by atoms with Crippen LogP contribution in [0.2, 0.25) is 0 Å². The average molecular weight is 917 g/mol. The Morgan fingerprint density at radius 2 is 1.19 bits per heavy atom. The van der Waals surface area contributed by atoms with Crippen molar-refractivity contribution in [2.24, 2.45) is 11.8 Å². The second-order valence-corrected chi connectivity index (χ2v) is 19.8. The van der Waals surface area contributed by atoms with Gasteiger partial charge in [-0.1, -0.05) is 97.0 Å². The number of hydrogen-bond donors (Lipinski definition) is 4. The highest BCUT2D eigenvalue weighted by molar-refractivity contribution is 5.98. The number of alkyl carbamates (subject to hydrolysis) is 2. The Balaban J connectivity index is 1.08. The van der Waals surface area contributed by atoms with Gasteiger partial charge in [0.1, 0.15) is 23.9 Å². The number of nitrogens with zero attached hydrogens (tertiary/aromatic N) is 4. The largest absolute Gasteiger partial charge is 0.453 e. The van der Waals surface area contributed by atoms with Crippen LogP contribution in [0, 0.1) is 11.8 Å². The molecule has 3 fully saturated rings. The Morgan fingerprint density at radius 1 is 0.672 bits per heavy atom. The fourth-order valence-corrected chi connectivity index (χ4v) is 9.88. The van der Waals surface area contributed by atoms with Crippen molar-refractivity contribution in [1.29, 1.82) is 0 Å². The highest BCUT2D eigenvalue weighted by Crippen LogP contribution is 2.47. The lowest BCUT2D eigenvalue weighted by Gasteiger charge is -2.34. The maximum absolute atomic E-state index is 13.7. The van der Waals surface area contributed by atoms with Crippen molar-refractivity contribution in [3.63, 3.8) is 0 Å². The lowest BCUT2D eigenvalue weighted by molar-refractivity contribution is -0.139. The van der Waals surface area contributed by atoms with Gasteiger partial charge in [-0.05, 0) is 96.7 Å². The molecule has 4 aromatic rings. The molecule has 0 saturated carbocycles. The zero-order valence-electron chi connectivity index (χ0n) is 40.4. The van der Waals surface area contributed by atoms with E-state index in [0.29, 0.717) is 31.6 Å². The minimum atomic E-state index is -0.804. The smallest absolute Gasteiger partial charge is 0.407 e. The predicted molar refractivity (Wildman–Crippen MR) is 258 cm³/mol. The zero-order valence-corrected chi connectivity index (χ0v) is 40.4. The summed E-state index contributed by atoms with van der Waals surface area (Å²) in [6.45, 7) is 15.2. The number of likely N-dealkylation sites (tertiary alicyclic amines) is 2. The van der Waals surface area contributed by atoms with Crippen LogP contribution in [0.15, 0.2) is 79.0 Å². The van der Waals surface area contributed by atoms with Gasteiger partial charge in [0, 0.05) is 36.2 Å². The number of H-pyrrole nitrogens is 1. The number of carbonyl (C=O) groups is 5. The monoisotopic (exact) mass is 917 g/mol. The van der Waals surface area contributed by atoms with E-state index < -0.39 is 30.3 Å². The van der Waals surface area contributed by atoms with E-state index in [2.05, 4.69) is 107 Å². The normalized spacial score (nSPS) is 20.5. The third-order valence-electron chi connectivity index (χ3n) is 13.6. The molecule has 0 spiro atoms. The van der Waals surface area contributed by atoms with Gasteiger partial charge in [0.05, 0.1) is 38.0 Å². The molecule has 3 aromatic carbocycles. The number of nitrogens with one attached hydrogen (secondary N) is 4. The SMILES string of the molecule is COC(=O)N[C@H](C(=O)N1CCC[C@H]1C(=O)Nc1ccc([C@H]2CCC(c3ccc(-c4c[nH]c([C@@H]5CCCN5C(=O)[C@@H](NC(=O)OC)C(C)C)n4)cc3)N2c2ccc(C(C)(C)C)cc2)cc1)C(C)C. The first kappa shape index (κ1) is 48.6. The molecule has 0 radical (unpaired) electrons.